The molecule has 4 nitrogen and oxygen atoms in total. The van der Waals surface area contributed by atoms with Crippen LogP contribution in [0.4, 0.5) is 0 Å². The maximum atomic E-state index is 3.99. The zero-order chi connectivity index (χ0) is 6.85. The van der Waals surface area contributed by atoms with Crippen molar-refractivity contribution in [3.05, 3.63) is 5.82 Å². The van der Waals surface area contributed by atoms with Gasteiger partial charge in [-0.15, -0.1) is 13.2 Å². The van der Waals surface area contributed by atoms with Gasteiger partial charge in [0.15, 0.2) is 5.82 Å². The monoisotopic (exact) mass is 238 g/mol. The minimum Gasteiger partial charge on any atom is -0.126 e. The fourth-order valence-electron chi connectivity index (χ4n) is 0.438. The zero-order valence-corrected chi connectivity index (χ0v) is 7.40. The van der Waals surface area contributed by atoms with Crippen molar-refractivity contribution in [3.8, 4) is 0 Å². The number of tetrazole rings is 1. The molecule has 0 bridgehead atoms. The fraction of sp³-hybridized carbons (Fsp3) is 0.750. The maximum absolute atomic E-state index is 3.99. The van der Waals surface area contributed by atoms with Crippen LogP contribution in [0.25, 0.3) is 0 Å². The Hall–Kier alpha value is -0.200. The lowest BCUT2D eigenvalue weighted by Gasteiger charge is -1.91. The Bertz CT molecular complexity index is 194. The molecule has 0 saturated heterocycles. The van der Waals surface area contributed by atoms with Crippen molar-refractivity contribution in [1.82, 2.24) is 18.4 Å². The topological polar surface area (TPSA) is 43.6 Å². The minimum absolute atomic E-state index is 0.369. The van der Waals surface area contributed by atoms with Gasteiger partial charge in [0.1, 0.15) is 22.9 Å². The molecule has 0 N–H and O–H groups in total. The van der Waals surface area contributed by atoms with Crippen molar-refractivity contribution in [2.24, 2.45) is 0 Å². The van der Waals surface area contributed by atoms with E-state index in [4.69, 9.17) is 0 Å². The normalized spacial score (nSPS) is 10.7. The molecule has 0 saturated carbocycles. The van der Waals surface area contributed by atoms with E-state index < -0.39 is 0 Å². The second-order valence-corrected chi connectivity index (χ2v) is 2.91. The van der Waals surface area contributed by atoms with Crippen LogP contribution < -0.4 is 0 Å². The Kier molecular flexibility index (Phi) is 1.99. The van der Waals surface area contributed by atoms with E-state index >= 15 is 0 Å². The fourth-order valence-corrected chi connectivity index (χ4v) is 0.756. The summed E-state index contributed by atoms with van der Waals surface area (Å²) >= 11 is 1.97. The largest absolute Gasteiger partial charge is 0.178 e. The molecule has 5 heteroatoms. The predicted molar refractivity (Wildman–Crippen MR) is 41.3 cm³/mol. The summed E-state index contributed by atoms with van der Waals surface area (Å²) in [5.41, 5.74) is 0. The summed E-state index contributed by atoms with van der Waals surface area (Å²) in [6, 6.07) is 0. The zero-order valence-electron chi connectivity index (χ0n) is 5.24. The van der Waals surface area contributed by atoms with Crippen molar-refractivity contribution in [2.75, 3.05) is 0 Å². The van der Waals surface area contributed by atoms with Gasteiger partial charge in [-0.1, -0.05) is 13.8 Å². The molecular weight excluding hydrogens is 231 g/mol. The molecule has 0 fully saturated rings. The number of hydrogen-bond acceptors (Lipinski definition) is 3. The van der Waals surface area contributed by atoms with Gasteiger partial charge in [0, 0.05) is 5.92 Å². The number of aromatic nitrogens is 4. The molecular formula is C4H7IN4. The van der Waals surface area contributed by atoms with Gasteiger partial charge in [0.25, 0.3) is 0 Å². The Labute approximate surface area is 67.1 Å². The maximum Gasteiger partial charge on any atom is 0.178 e. The molecule has 0 atom stereocenters. The molecule has 9 heavy (non-hydrogen) atoms. The van der Waals surface area contributed by atoms with E-state index in [0.29, 0.717) is 5.92 Å². The molecule has 0 radical (unpaired) electrons. The quantitative estimate of drug-likeness (QED) is 0.685. The Morgan fingerprint density at radius 1 is 1.56 bits per heavy atom. The lowest BCUT2D eigenvalue weighted by Crippen LogP contribution is -1.90. The number of hydrogen-bond donors (Lipinski definition) is 0. The first-order chi connectivity index (χ1) is 4.20. The standard InChI is InChI=1S/C4H7IN4/c1-3(2)4-6-8-9(5)7-4/h3H,1-2H3. The lowest BCUT2D eigenvalue weighted by atomic mass is 10.2. The summed E-state index contributed by atoms with van der Waals surface area (Å²) in [7, 11) is 0. The average molecular weight is 238 g/mol. The molecule has 50 valence electrons. The average Bonchev–Trinajstić information content (AvgIpc) is 2.14. The Morgan fingerprint density at radius 2 is 2.22 bits per heavy atom. The van der Waals surface area contributed by atoms with Crippen LogP contribution in [-0.4, -0.2) is 18.4 Å². The lowest BCUT2D eigenvalue weighted by molar-refractivity contribution is 0.777. The van der Waals surface area contributed by atoms with E-state index in [-0.39, 0.29) is 0 Å². The predicted octanol–water partition coefficient (Wildman–Crippen LogP) is 0.995. The van der Waals surface area contributed by atoms with Crippen LogP contribution in [0.15, 0.2) is 0 Å². The van der Waals surface area contributed by atoms with Crippen LogP contribution in [0.3, 0.4) is 0 Å². The second kappa shape index (κ2) is 2.59. The van der Waals surface area contributed by atoms with Crippen LogP contribution in [0.1, 0.15) is 25.6 Å². The van der Waals surface area contributed by atoms with E-state index in [1.807, 2.05) is 36.7 Å². The highest BCUT2D eigenvalue weighted by atomic mass is 127. The van der Waals surface area contributed by atoms with Crippen molar-refractivity contribution in [2.45, 2.75) is 19.8 Å². The molecule has 0 aliphatic carbocycles. The molecule has 0 aliphatic rings. The summed E-state index contributed by atoms with van der Waals surface area (Å²) in [5, 5.41) is 11.5. The third kappa shape index (κ3) is 1.60. The first-order valence-corrected chi connectivity index (χ1v) is 3.62. The molecule has 1 aromatic rings. The van der Waals surface area contributed by atoms with Crippen molar-refractivity contribution in [1.29, 1.82) is 0 Å². The number of nitrogens with zero attached hydrogens (tertiary/aromatic N) is 4. The van der Waals surface area contributed by atoms with Crippen molar-refractivity contribution in [3.63, 3.8) is 0 Å². The molecule has 0 unspecified atom stereocenters. The number of halogens is 1. The summed E-state index contributed by atoms with van der Waals surface area (Å²) in [5.74, 6) is 1.16. The smallest absolute Gasteiger partial charge is 0.126 e. The summed E-state index contributed by atoms with van der Waals surface area (Å²) in [6.45, 7) is 4.07. The third-order valence-electron chi connectivity index (χ3n) is 0.922. The molecule has 0 amide bonds. The van der Waals surface area contributed by atoms with Gasteiger partial charge in [-0.3, -0.25) is 0 Å². The molecule has 1 heterocycles. The highest BCUT2D eigenvalue weighted by molar-refractivity contribution is 14.1. The van der Waals surface area contributed by atoms with Crippen molar-refractivity contribution >= 4 is 22.9 Å². The number of rotatable bonds is 1. The van der Waals surface area contributed by atoms with Crippen LogP contribution in [0.5, 0.6) is 0 Å². The first kappa shape index (κ1) is 6.91. The van der Waals surface area contributed by atoms with Gasteiger partial charge < -0.3 is 0 Å². The van der Waals surface area contributed by atoms with E-state index in [1.54, 1.807) is 0 Å². The highest BCUT2D eigenvalue weighted by Gasteiger charge is 2.03. The van der Waals surface area contributed by atoms with E-state index in [1.165, 1.54) is 3.01 Å². The Morgan fingerprint density at radius 3 is 2.44 bits per heavy atom. The molecule has 1 rings (SSSR count). The summed E-state index contributed by atoms with van der Waals surface area (Å²) in [4.78, 5) is 0. The van der Waals surface area contributed by atoms with E-state index in [2.05, 4.69) is 15.4 Å². The van der Waals surface area contributed by atoms with Crippen LogP contribution in [-0.2, 0) is 0 Å². The van der Waals surface area contributed by atoms with Crippen LogP contribution >= 0.6 is 22.9 Å². The van der Waals surface area contributed by atoms with Gasteiger partial charge in [-0.05, 0) is 5.21 Å². The molecule has 0 spiro atoms. The summed E-state index contributed by atoms with van der Waals surface area (Å²) in [6.07, 6.45) is 0. The van der Waals surface area contributed by atoms with E-state index in [0.717, 1.165) is 5.82 Å². The first-order valence-electron chi connectivity index (χ1n) is 2.66. The summed E-state index contributed by atoms with van der Waals surface area (Å²) < 4.78 is 1.44. The van der Waals surface area contributed by atoms with Gasteiger partial charge >= 0.3 is 0 Å². The Balaban J connectivity index is 2.85. The van der Waals surface area contributed by atoms with Gasteiger partial charge in [0.2, 0.25) is 0 Å². The molecule has 0 aromatic carbocycles. The van der Waals surface area contributed by atoms with Crippen LogP contribution in [0.2, 0.25) is 0 Å². The minimum atomic E-state index is 0.369. The second-order valence-electron chi connectivity index (χ2n) is 2.04. The van der Waals surface area contributed by atoms with Gasteiger partial charge in [-0.25, -0.2) is 0 Å². The molecule has 0 aliphatic heterocycles. The highest BCUT2D eigenvalue weighted by Crippen LogP contribution is 2.05. The van der Waals surface area contributed by atoms with Crippen LogP contribution in [0, 0.1) is 0 Å². The van der Waals surface area contributed by atoms with Crippen molar-refractivity contribution < 1.29 is 0 Å². The van der Waals surface area contributed by atoms with E-state index in [9.17, 15) is 0 Å². The third-order valence-corrected chi connectivity index (χ3v) is 1.33. The van der Waals surface area contributed by atoms with Gasteiger partial charge in [-0.2, -0.15) is 0 Å². The van der Waals surface area contributed by atoms with Gasteiger partial charge in [0.05, 0.1) is 0 Å². The molecule has 1 aromatic heterocycles. The SMILES string of the molecule is CC(C)c1nnn(I)n1.